The van der Waals surface area contributed by atoms with Gasteiger partial charge in [0.1, 0.15) is 6.61 Å². The smallest absolute Gasteiger partial charge is 0.105 e. The molecule has 0 aliphatic heterocycles. The molecule has 1 rings (SSSR count). The lowest BCUT2D eigenvalue weighted by Gasteiger charge is -2.01. The molecule has 11 heavy (non-hydrogen) atoms. The second kappa shape index (κ2) is 4.79. The van der Waals surface area contributed by atoms with Gasteiger partial charge in [0.2, 0.25) is 0 Å². The standard InChI is InChI=1S/C8H11NOS/c1-2-10-6-5-9-8-4-3-7-11-8/h2-4,7,9H,1,5-6H2. The van der Waals surface area contributed by atoms with Gasteiger partial charge in [-0.05, 0) is 17.5 Å². The first-order chi connectivity index (χ1) is 5.43. The molecule has 0 aromatic carbocycles. The van der Waals surface area contributed by atoms with Crippen LogP contribution in [0.15, 0.2) is 30.4 Å². The van der Waals surface area contributed by atoms with Gasteiger partial charge in [-0.25, -0.2) is 0 Å². The first-order valence-electron chi connectivity index (χ1n) is 3.43. The highest BCUT2D eigenvalue weighted by atomic mass is 32.1. The van der Waals surface area contributed by atoms with Crippen LogP contribution in [0.25, 0.3) is 0 Å². The van der Waals surface area contributed by atoms with Crippen LogP contribution >= 0.6 is 11.3 Å². The minimum atomic E-state index is 0.668. The van der Waals surface area contributed by atoms with E-state index in [2.05, 4.69) is 11.9 Å². The van der Waals surface area contributed by atoms with Gasteiger partial charge in [0.05, 0.1) is 11.3 Å². The van der Waals surface area contributed by atoms with E-state index in [1.807, 2.05) is 17.5 Å². The van der Waals surface area contributed by atoms with Crippen molar-refractivity contribution in [2.75, 3.05) is 18.5 Å². The van der Waals surface area contributed by atoms with Gasteiger partial charge in [-0.15, -0.1) is 11.3 Å². The maximum absolute atomic E-state index is 4.94. The van der Waals surface area contributed by atoms with Gasteiger partial charge >= 0.3 is 0 Å². The fraction of sp³-hybridized carbons (Fsp3) is 0.250. The van der Waals surface area contributed by atoms with Gasteiger partial charge in [0.15, 0.2) is 0 Å². The zero-order chi connectivity index (χ0) is 7.94. The highest BCUT2D eigenvalue weighted by Crippen LogP contribution is 2.13. The largest absolute Gasteiger partial charge is 0.500 e. The zero-order valence-electron chi connectivity index (χ0n) is 6.25. The molecule has 0 bridgehead atoms. The van der Waals surface area contributed by atoms with Gasteiger partial charge in [-0.2, -0.15) is 0 Å². The number of ether oxygens (including phenoxy) is 1. The third-order valence-electron chi connectivity index (χ3n) is 1.16. The van der Waals surface area contributed by atoms with Crippen molar-refractivity contribution < 1.29 is 4.74 Å². The second-order valence-corrected chi connectivity index (χ2v) is 2.89. The van der Waals surface area contributed by atoms with Crippen LogP contribution in [0, 0.1) is 0 Å². The Kier molecular flexibility index (Phi) is 3.55. The molecule has 0 unspecified atom stereocenters. The third kappa shape index (κ3) is 3.09. The molecule has 1 aromatic rings. The molecule has 0 saturated carbocycles. The molecule has 3 heteroatoms. The molecule has 0 radical (unpaired) electrons. The van der Waals surface area contributed by atoms with Crippen LogP contribution < -0.4 is 5.32 Å². The number of hydrogen-bond acceptors (Lipinski definition) is 3. The summed E-state index contributed by atoms with van der Waals surface area (Å²) in [4.78, 5) is 0. The summed E-state index contributed by atoms with van der Waals surface area (Å²) in [5.41, 5.74) is 0. The van der Waals surface area contributed by atoms with E-state index in [0.29, 0.717) is 6.61 Å². The minimum absolute atomic E-state index is 0.668. The Morgan fingerprint density at radius 2 is 2.64 bits per heavy atom. The van der Waals surface area contributed by atoms with Crippen LogP contribution in [0.5, 0.6) is 0 Å². The summed E-state index contributed by atoms with van der Waals surface area (Å²) in [6, 6.07) is 4.06. The lowest BCUT2D eigenvalue weighted by Crippen LogP contribution is -2.05. The third-order valence-corrected chi connectivity index (χ3v) is 1.99. The van der Waals surface area contributed by atoms with E-state index in [0.717, 1.165) is 6.54 Å². The second-order valence-electron chi connectivity index (χ2n) is 1.94. The molecule has 1 N–H and O–H groups in total. The van der Waals surface area contributed by atoms with E-state index in [1.54, 1.807) is 11.3 Å². The first kappa shape index (κ1) is 8.14. The number of nitrogens with one attached hydrogen (secondary N) is 1. The summed E-state index contributed by atoms with van der Waals surface area (Å²) in [5, 5.41) is 6.42. The Morgan fingerprint density at radius 3 is 3.27 bits per heavy atom. The summed E-state index contributed by atoms with van der Waals surface area (Å²) in [7, 11) is 0. The SMILES string of the molecule is C=COCCNc1cccs1. The van der Waals surface area contributed by atoms with E-state index in [4.69, 9.17) is 4.74 Å². The lowest BCUT2D eigenvalue weighted by molar-refractivity contribution is 0.264. The van der Waals surface area contributed by atoms with Crippen molar-refractivity contribution in [1.29, 1.82) is 0 Å². The van der Waals surface area contributed by atoms with E-state index >= 15 is 0 Å². The van der Waals surface area contributed by atoms with Crippen LogP contribution in [-0.2, 0) is 4.74 Å². The van der Waals surface area contributed by atoms with Gasteiger partial charge in [0, 0.05) is 6.54 Å². The van der Waals surface area contributed by atoms with Crippen molar-refractivity contribution >= 4 is 16.3 Å². The van der Waals surface area contributed by atoms with Gasteiger partial charge in [0.25, 0.3) is 0 Å². The molecule has 60 valence electrons. The van der Waals surface area contributed by atoms with Crippen LogP contribution in [0.3, 0.4) is 0 Å². The van der Waals surface area contributed by atoms with E-state index in [-0.39, 0.29) is 0 Å². The molecule has 1 aromatic heterocycles. The van der Waals surface area contributed by atoms with Crippen molar-refractivity contribution in [3.8, 4) is 0 Å². The molecule has 1 heterocycles. The van der Waals surface area contributed by atoms with Crippen molar-refractivity contribution in [2.24, 2.45) is 0 Å². The number of hydrogen-bond donors (Lipinski definition) is 1. The van der Waals surface area contributed by atoms with Crippen LogP contribution in [0.4, 0.5) is 5.00 Å². The number of thiophene rings is 1. The van der Waals surface area contributed by atoms with Crippen molar-refractivity contribution in [3.05, 3.63) is 30.4 Å². The molecular weight excluding hydrogens is 158 g/mol. The average Bonchev–Trinajstić information content (AvgIpc) is 2.50. The Hall–Kier alpha value is -0.960. The van der Waals surface area contributed by atoms with Crippen molar-refractivity contribution in [3.63, 3.8) is 0 Å². The molecule has 0 aliphatic rings. The Labute approximate surface area is 70.5 Å². The van der Waals surface area contributed by atoms with Gasteiger partial charge in [-0.1, -0.05) is 6.58 Å². The van der Waals surface area contributed by atoms with Crippen LogP contribution in [-0.4, -0.2) is 13.2 Å². The van der Waals surface area contributed by atoms with Crippen molar-refractivity contribution in [2.45, 2.75) is 0 Å². The maximum Gasteiger partial charge on any atom is 0.105 e. The average molecular weight is 169 g/mol. The predicted octanol–water partition coefficient (Wildman–Crippen LogP) is 2.32. The normalized spacial score (nSPS) is 9.09. The quantitative estimate of drug-likeness (QED) is 0.539. The molecule has 0 fully saturated rings. The molecule has 2 nitrogen and oxygen atoms in total. The monoisotopic (exact) mass is 169 g/mol. The summed E-state index contributed by atoms with van der Waals surface area (Å²) >= 11 is 1.69. The molecular formula is C8H11NOS. The Bertz CT molecular complexity index is 196. The summed E-state index contributed by atoms with van der Waals surface area (Å²) in [6.07, 6.45) is 1.45. The molecule has 0 amide bonds. The molecule has 0 aliphatic carbocycles. The lowest BCUT2D eigenvalue weighted by atomic mass is 10.6. The summed E-state index contributed by atoms with van der Waals surface area (Å²) in [5.74, 6) is 0. The fourth-order valence-electron chi connectivity index (χ4n) is 0.696. The van der Waals surface area contributed by atoms with E-state index in [1.165, 1.54) is 11.3 Å². The van der Waals surface area contributed by atoms with Gasteiger partial charge < -0.3 is 10.1 Å². The number of anilines is 1. The summed E-state index contributed by atoms with van der Waals surface area (Å²) < 4.78 is 4.94. The highest BCUT2D eigenvalue weighted by Gasteiger charge is 1.89. The minimum Gasteiger partial charge on any atom is -0.500 e. The highest BCUT2D eigenvalue weighted by molar-refractivity contribution is 7.14. The van der Waals surface area contributed by atoms with Crippen LogP contribution in [0.2, 0.25) is 0 Å². The number of rotatable bonds is 5. The van der Waals surface area contributed by atoms with Crippen LogP contribution in [0.1, 0.15) is 0 Å². The maximum atomic E-state index is 4.94. The Balaban J connectivity index is 2.09. The Morgan fingerprint density at radius 1 is 1.73 bits per heavy atom. The fourth-order valence-corrected chi connectivity index (χ4v) is 1.34. The van der Waals surface area contributed by atoms with E-state index < -0.39 is 0 Å². The van der Waals surface area contributed by atoms with Gasteiger partial charge in [-0.3, -0.25) is 0 Å². The summed E-state index contributed by atoms with van der Waals surface area (Å²) in [6.45, 7) is 4.94. The van der Waals surface area contributed by atoms with E-state index in [9.17, 15) is 0 Å². The first-order valence-corrected chi connectivity index (χ1v) is 4.31. The topological polar surface area (TPSA) is 21.3 Å². The zero-order valence-corrected chi connectivity index (χ0v) is 7.06. The molecule has 0 atom stereocenters. The van der Waals surface area contributed by atoms with Crippen molar-refractivity contribution in [1.82, 2.24) is 0 Å². The molecule has 0 saturated heterocycles. The predicted molar refractivity (Wildman–Crippen MR) is 49.0 cm³/mol. The molecule has 0 spiro atoms.